The molecule has 38 heavy (non-hydrogen) atoms. The van der Waals surface area contributed by atoms with Crippen molar-refractivity contribution in [2.75, 3.05) is 10.0 Å². The highest BCUT2D eigenvalue weighted by atomic mass is 79.9. The lowest BCUT2D eigenvalue weighted by Crippen LogP contribution is -2.34. The first-order valence-corrected chi connectivity index (χ1v) is 15.0. The third kappa shape index (κ3) is 8.28. The molecule has 1 unspecified atom stereocenters. The second kappa shape index (κ2) is 13.2. The van der Waals surface area contributed by atoms with Crippen LogP contribution in [0.4, 0.5) is 11.4 Å². The van der Waals surface area contributed by atoms with Gasteiger partial charge in [0.15, 0.2) is 5.11 Å². The molecule has 3 N–H and O–H groups in total. The molecule has 7 nitrogen and oxygen atoms in total. The molecule has 0 bridgehead atoms. The van der Waals surface area contributed by atoms with Gasteiger partial charge >= 0.3 is 0 Å². The molecule has 0 aliphatic heterocycles. The number of aryl methyl sites for hydroxylation is 2. The summed E-state index contributed by atoms with van der Waals surface area (Å²) in [6.07, 6.45) is 3.23. The van der Waals surface area contributed by atoms with E-state index in [0.29, 0.717) is 27.2 Å². The van der Waals surface area contributed by atoms with Gasteiger partial charge < -0.3 is 10.1 Å². The van der Waals surface area contributed by atoms with Gasteiger partial charge in [-0.2, -0.15) is 0 Å². The first-order chi connectivity index (χ1) is 18.0. The molecular weight excluding hydrogens is 586 g/mol. The van der Waals surface area contributed by atoms with Gasteiger partial charge in [0.25, 0.3) is 15.9 Å². The van der Waals surface area contributed by atoms with Crippen LogP contribution < -0.4 is 20.1 Å². The summed E-state index contributed by atoms with van der Waals surface area (Å²) in [6, 6.07) is 16.6. The molecule has 0 aliphatic carbocycles. The standard InChI is InChI=1S/C28H32BrN3O4S2/c1-5-6-7-20(4)36-26-15-9-21(17-25(26)29)27(33)31-28(37)30-22-11-13-24(14-12-22)38(34,35)32-23-10-8-18(2)19(3)16-23/h8-17,20,32H,5-7H2,1-4H3,(H2,30,31,33,37). The predicted molar refractivity (Wildman–Crippen MR) is 161 cm³/mol. The van der Waals surface area contributed by atoms with Crippen LogP contribution in [0, 0.1) is 13.8 Å². The van der Waals surface area contributed by atoms with Gasteiger partial charge in [0.1, 0.15) is 5.75 Å². The summed E-state index contributed by atoms with van der Waals surface area (Å²) >= 11 is 8.75. The Morgan fingerprint density at radius 3 is 2.32 bits per heavy atom. The Morgan fingerprint density at radius 2 is 1.68 bits per heavy atom. The average molecular weight is 619 g/mol. The number of hydrogen-bond donors (Lipinski definition) is 3. The fourth-order valence-corrected chi connectivity index (χ4v) is 5.31. The van der Waals surface area contributed by atoms with Gasteiger partial charge in [-0.1, -0.05) is 25.8 Å². The summed E-state index contributed by atoms with van der Waals surface area (Å²) in [4.78, 5) is 12.8. The van der Waals surface area contributed by atoms with Crippen molar-refractivity contribution >= 4 is 60.6 Å². The molecule has 0 saturated heterocycles. The number of ether oxygens (including phenoxy) is 1. The molecule has 1 amide bonds. The van der Waals surface area contributed by atoms with Crippen molar-refractivity contribution in [1.82, 2.24) is 5.32 Å². The van der Waals surface area contributed by atoms with E-state index < -0.39 is 10.0 Å². The number of unbranched alkanes of at least 4 members (excludes halogenated alkanes) is 1. The highest BCUT2D eigenvalue weighted by molar-refractivity contribution is 9.10. The highest BCUT2D eigenvalue weighted by Gasteiger charge is 2.16. The van der Waals surface area contributed by atoms with Crippen LogP contribution in [0.3, 0.4) is 0 Å². The zero-order valence-corrected chi connectivity index (χ0v) is 25.0. The topological polar surface area (TPSA) is 96.5 Å². The molecule has 0 fully saturated rings. The van der Waals surface area contributed by atoms with E-state index in [1.54, 1.807) is 42.5 Å². The maximum Gasteiger partial charge on any atom is 0.261 e. The monoisotopic (exact) mass is 617 g/mol. The molecule has 3 aromatic carbocycles. The van der Waals surface area contributed by atoms with Crippen LogP contribution in [0.5, 0.6) is 5.75 Å². The SMILES string of the molecule is CCCCC(C)Oc1ccc(C(=O)NC(=S)Nc2ccc(S(=O)(=O)Nc3ccc(C)c(C)c3)cc2)cc1Br. The van der Waals surface area contributed by atoms with E-state index in [0.717, 1.165) is 30.4 Å². The molecule has 202 valence electrons. The summed E-state index contributed by atoms with van der Waals surface area (Å²) in [5.74, 6) is 0.290. The molecule has 0 saturated carbocycles. The van der Waals surface area contributed by atoms with Gasteiger partial charge in [0, 0.05) is 16.9 Å². The van der Waals surface area contributed by atoms with Crippen LogP contribution in [0.1, 0.15) is 54.6 Å². The number of carbonyl (C=O) groups excluding carboxylic acids is 1. The second-order valence-corrected chi connectivity index (χ2v) is 12.0. The molecule has 3 aromatic rings. The van der Waals surface area contributed by atoms with Gasteiger partial charge in [0.05, 0.1) is 15.5 Å². The minimum Gasteiger partial charge on any atom is -0.490 e. The molecule has 3 rings (SSSR count). The van der Waals surface area contributed by atoms with Crippen molar-refractivity contribution in [3.8, 4) is 5.75 Å². The molecule has 0 radical (unpaired) electrons. The number of thiocarbonyl (C=S) groups is 1. The fraction of sp³-hybridized carbons (Fsp3) is 0.286. The van der Waals surface area contributed by atoms with Crippen LogP contribution >= 0.6 is 28.1 Å². The normalized spacial score (nSPS) is 11.9. The van der Waals surface area contributed by atoms with Crippen molar-refractivity contribution < 1.29 is 17.9 Å². The second-order valence-electron chi connectivity index (χ2n) is 9.05. The maximum atomic E-state index is 12.8. The number of amides is 1. The Balaban J connectivity index is 1.58. The van der Waals surface area contributed by atoms with Gasteiger partial charge in [0.2, 0.25) is 0 Å². The Bertz CT molecular complexity index is 1410. The van der Waals surface area contributed by atoms with Crippen molar-refractivity contribution in [3.05, 3.63) is 81.8 Å². The zero-order valence-electron chi connectivity index (χ0n) is 21.8. The fourth-order valence-electron chi connectivity index (χ4n) is 3.58. The summed E-state index contributed by atoms with van der Waals surface area (Å²) < 4.78 is 34.8. The van der Waals surface area contributed by atoms with Crippen LogP contribution in [-0.2, 0) is 10.0 Å². The molecular formula is C28H32BrN3O4S2. The van der Waals surface area contributed by atoms with Crippen LogP contribution in [-0.4, -0.2) is 25.5 Å². The highest BCUT2D eigenvalue weighted by Crippen LogP contribution is 2.28. The van der Waals surface area contributed by atoms with Gasteiger partial charge in [-0.25, -0.2) is 8.42 Å². The van der Waals surface area contributed by atoms with Crippen LogP contribution in [0.25, 0.3) is 0 Å². The Labute approximate surface area is 238 Å². The third-order valence-corrected chi connectivity index (χ3v) is 8.12. The number of rotatable bonds is 10. The van der Waals surface area contributed by atoms with Gasteiger partial charge in [-0.3, -0.25) is 14.8 Å². The van der Waals surface area contributed by atoms with Crippen molar-refractivity contribution in [2.24, 2.45) is 0 Å². The Morgan fingerprint density at radius 1 is 1.00 bits per heavy atom. The summed E-state index contributed by atoms with van der Waals surface area (Å²) in [5, 5.41) is 5.63. The maximum absolute atomic E-state index is 12.8. The van der Waals surface area contributed by atoms with E-state index in [9.17, 15) is 13.2 Å². The van der Waals surface area contributed by atoms with Gasteiger partial charge in [-0.15, -0.1) is 0 Å². The van der Waals surface area contributed by atoms with Crippen molar-refractivity contribution in [2.45, 2.75) is 58.0 Å². The van der Waals surface area contributed by atoms with Crippen LogP contribution in [0.15, 0.2) is 70.0 Å². The smallest absolute Gasteiger partial charge is 0.261 e. The molecule has 0 heterocycles. The molecule has 1 atom stereocenters. The Kier molecular flexibility index (Phi) is 10.3. The van der Waals surface area contributed by atoms with E-state index in [1.165, 1.54) is 12.1 Å². The number of hydrogen-bond acceptors (Lipinski definition) is 5. The first-order valence-electron chi connectivity index (χ1n) is 12.3. The zero-order chi connectivity index (χ0) is 27.9. The Hall–Kier alpha value is -2.95. The van der Waals surface area contributed by atoms with Gasteiger partial charge in [-0.05, 0) is 121 Å². The summed E-state index contributed by atoms with van der Waals surface area (Å²) in [5.41, 5.74) is 3.52. The minimum atomic E-state index is -3.76. The predicted octanol–water partition coefficient (Wildman–Crippen LogP) is 6.95. The number of carbonyl (C=O) groups is 1. The number of benzene rings is 3. The minimum absolute atomic E-state index is 0.0756. The molecule has 0 spiro atoms. The van der Waals surface area contributed by atoms with E-state index in [-0.39, 0.29) is 22.0 Å². The van der Waals surface area contributed by atoms with E-state index in [1.807, 2.05) is 26.8 Å². The van der Waals surface area contributed by atoms with Crippen molar-refractivity contribution in [1.29, 1.82) is 0 Å². The molecule has 0 aromatic heterocycles. The lowest BCUT2D eigenvalue weighted by molar-refractivity contribution is 0.0977. The van der Waals surface area contributed by atoms with E-state index in [2.05, 4.69) is 38.2 Å². The summed E-state index contributed by atoms with van der Waals surface area (Å²) in [6.45, 7) is 8.05. The first kappa shape index (κ1) is 29.6. The quantitative estimate of drug-likeness (QED) is 0.213. The number of sulfonamides is 1. The lowest BCUT2D eigenvalue weighted by atomic mass is 10.1. The van der Waals surface area contributed by atoms with E-state index in [4.69, 9.17) is 17.0 Å². The molecule has 10 heteroatoms. The lowest BCUT2D eigenvalue weighted by Gasteiger charge is -2.16. The number of anilines is 2. The average Bonchev–Trinajstić information content (AvgIpc) is 2.86. The largest absolute Gasteiger partial charge is 0.490 e. The number of nitrogens with one attached hydrogen (secondary N) is 3. The third-order valence-electron chi connectivity index (χ3n) is 5.90. The molecule has 0 aliphatic rings. The van der Waals surface area contributed by atoms with E-state index >= 15 is 0 Å². The van der Waals surface area contributed by atoms with Crippen molar-refractivity contribution in [3.63, 3.8) is 0 Å². The summed E-state index contributed by atoms with van der Waals surface area (Å²) in [7, 11) is -3.76. The van der Waals surface area contributed by atoms with Crippen LogP contribution in [0.2, 0.25) is 0 Å². The number of halogens is 1.